The number of ether oxygens (including phenoxy) is 1. The second-order valence-electron chi connectivity index (χ2n) is 4.41. The van der Waals surface area contributed by atoms with Gasteiger partial charge < -0.3 is 4.74 Å². The van der Waals surface area contributed by atoms with Crippen LogP contribution in [-0.2, 0) is 14.6 Å². The van der Waals surface area contributed by atoms with E-state index in [-0.39, 0.29) is 5.75 Å². The fraction of sp³-hybridized carbons (Fsp3) is 0.385. The van der Waals surface area contributed by atoms with Gasteiger partial charge in [-0.1, -0.05) is 6.92 Å². The highest BCUT2D eigenvalue weighted by Crippen LogP contribution is 2.19. The Morgan fingerprint density at radius 1 is 1.30 bits per heavy atom. The summed E-state index contributed by atoms with van der Waals surface area (Å²) in [6.07, 6.45) is -0.419. The lowest BCUT2D eigenvalue weighted by Crippen LogP contribution is -2.23. The van der Waals surface area contributed by atoms with Crippen molar-refractivity contribution in [2.45, 2.75) is 6.92 Å². The van der Waals surface area contributed by atoms with Gasteiger partial charge in [0, 0.05) is 17.0 Å². The van der Waals surface area contributed by atoms with E-state index in [9.17, 15) is 18.0 Å². The Hall–Kier alpha value is -1.89. The Kier molecular flexibility index (Phi) is 4.08. The van der Waals surface area contributed by atoms with Crippen LogP contribution in [0.3, 0.4) is 0 Å². The minimum atomic E-state index is -3.34. The summed E-state index contributed by atoms with van der Waals surface area (Å²) in [4.78, 5) is 24.7. The van der Waals surface area contributed by atoms with Crippen molar-refractivity contribution < 1.29 is 22.7 Å². The molecule has 1 aliphatic heterocycles. The van der Waals surface area contributed by atoms with Crippen LogP contribution in [0.4, 0.5) is 10.5 Å². The smallest absolute Gasteiger partial charge is 0.414 e. The van der Waals surface area contributed by atoms with E-state index in [0.29, 0.717) is 24.4 Å². The van der Waals surface area contributed by atoms with Crippen molar-refractivity contribution in [1.82, 2.24) is 0 Å². The first-order chi connectivity index (χ1) is 9.43. The molecule has 6 nitrogen and oxygen atoms in total. The van der Waals surface area contributed by atoms with Crippen molar-refractivity contribution in [3.8, 4) is 0 Å². The number of anilines is 1. The van der Waals surface area contributed by atoms with E-state index < -0.39 is 27.5 Å². The first-order valence-corrected chi connectivity index (χ1v) is 8.03. The molecule has 2 rings (SSSR count). The lowest BCUT2D eigenvalue weighted by molar-refractivity contribution is 0.102. The van der Waals surface area contributed by atoms with Gasteiger partial charge in [0.05, 0.1) is 6.54 Å². The number of amides is 1. The maximum Gasteiger partial charge on any atom is 0.414 e. The first-order valence-electron chi connectivity index (χ1n) is 6.21. The number of rotatable bonds is 5. The molecule has 1 saturated heterocycles. The zero-order valence-electron chi connectivity index (χ0n) is 11.0. The minimum absolute atomic E-state index is 0.0591. The van der Waals surface area contributed by atoms with Gasteiger partial charge in [-0.15, -0.1) is 0 Å². The quantitative estimate of drug-likeness (QED) is 0.764. The standard InChI is InChI=1S/C13H15NO5S/c1-2-20(17,18)9-12(15)10-3-5-11(6-4-10)14-7-8-19-13(14)16/h3-6H,2,7-9H2,1H3. The Morgan fingerprint density at radius 2 is 1.95 bits per heavy atom. The van der Waals surface area contributed by atoms with Crippen molar-refractivity contribution in [2.75, 3.05) is 29.6 Å². The van der Waals surface area contributed by atoms with Crippen molar-refractivity contribution in [2.24, 2.45) is 0 Å². The molecule has 0 bridgehead atoms. The molecule has 1 aliphatic rings. The lowest BCUT2D eigenvalue weighted by atomic mass is 10.1. The van der Waals surface area contributed by atoms with Gasteiger partial charge in [-0.3, -0.25) is 9.69 Å². The molecule has 0 radical (unpaired) electrons. The summed E-state index contributed by atoms with van der Waals surface area (Å²) in [7, 11) is -3.34. The predicted octanol–water partition coefficient (Wildman–Crippen LogP) is 1.26. The molecule has 1 aromatic rings. The van der Waals surface area contributed by atoms with Gasteiger partial charge in [0.2, 0.25) is 0 Å². The van der Waals surface area contributed by atoms with E-state index in [1.54, 1.807) is 12.1 Å². The van der Waals surface area contributed by atoms with E-state index in [4.69, 9.17) is 4.74 Å². The number of hydrogen-bond acceptors (Lipinski definition) is 5. The molecule has 0 aliphatic carbocycles. The van der Waals surface area contributed by atoms with E-state index in [1.165, 1.54) is 24.0 Å². The highest BCUT2D eigenvalue weighted by atomic mass is 32.2. The number of nitrogens with zero attached hydrogens (tertiary/aromatic N) is 1. The maximum atomic E-state index is 11.8. The summed E-state index contributed by atoms with van der Waals surface area (Å²) < 4.78 is 27.6. The molecular weight excluding hydrogens is 282 g/mol. The molecule has 0 atom stereocenters. The Balaban J connectivity index is 2.12. The number of hydrogen-bond donors (Lipinski definition) is 0. The number of carbonyl (C=O) groups is 2. The van der Waals surface area contributed by atoms with E-state index in [2.05, 4.69) is 0 Å². The molecule has 0 N–H and O–H groups in total. The summed E-state index contributed by atoms with van der Waals surface area (Å²) in [5.74, 6) is -0.993. The van der Waals surface area contributed by atoms with Crippen molar-refractivity contribution in [3.05, 3.63) is 29.8 Å². The topological polar surface area (TPSA) is 80.8 Å². The van der Waals surface area contributed by atoms with Crippen LogP contribution in [0.1, 0.15) is 17.3 Å². The van der Waals surface area contributed by atoms with Gasteiger partial charge in [0.1, 0.15) is 12.4 Å². The van der Waals surface area contributed by atoms with Gasteiger partial charge in [-0.05, 0) is 24.3 Å². The third kappa shape index (κ3) is 3.16. The number of cyclic esters (lactones) is 1. The van der Waals surface area contributed by atoms with Crippen LogP contribution < -0.4 is 4.90 Å². The summed E-state index contributed by atoms with van der Waals surface area (Å²) in [5, 5.41) is 0. The molecular formula is C13H15NO5S. The van der Waals surface area contributed by atoms with Gasteiger partial charge in [0.25, 0.3) is 0 Å². The maximum absolute atomic E-state index is 11.8. The van der Waals surface area contributed by atoms with Crippen LogP contribution in [0.2, 0.25) is 0 Å². The average Bonchev–Trinajstić information content (AvgIpc) is 2.85. The van der Waals surface area contributed by atoms with Crippen LogP contribution >= 0.6 is 0 Å². The number of benzene rings is 1. The number of sulfone groups is 1. The number of Topliss-reactive ketones (excluding diaryl/α,β-unsaturated/α-hetero) is 1. The molecule has 0 unspecified atom stereocenters. The second kappa shape index (κ2) is 5.62. The highest BCUT2D eigenvalue weighted by molar-refractivity contribution is 7.92. The molecule has 0 spiro atoms. The Labute approximate surface area is 117 Å². The van der Waals surface area contributed by atoms with E-state index >= 15 is 0 Å². The normalized spacial score (nSPS) is 15.2. The molecule has 1 aromatic carbocycles. The molecule has 1 fully saturated rings. The van der Waals surface area contributed by atoms with Crippen LogP contribution in [-0.4, -0.2) is 45.0 Å². The molecule has 1 amide bonds. The van der Waals surface area contributed by atoms with Crippen LogP contribution in [0.15, 0.2) is 24.3 Å². The Morgan fingerprint density at radius 3 is 2.45 bits per heavy atom. The SMILES string of the molecule is CCS(=O)(=O)CC(=O)c1ccc(N2CCOC2=O)cc1. The van der Waals surface area contributed by atoms with Crippen LogP contribution in [0, 0.1) is 0 Å². The van der Waals surface area contributed by atoms with Crippen LogP contribution in [0.5, 0.6) is 0 Å². The van der Waals surface area contributed by atoms with Gasteiger partial charge in [-0.25, -0.2) is 13.2 Å². The van der Waals surface area contributed by atoms with E-state index in [0.717, 1.165) is 0 Å². The first kappa shape index (κ1) is 14.5. The summed E-state index contributed by atoms with van der Waals surface area (Å²) in [6, 6.07) is 6.26. The zero-order valence-corrected chi connectivity index (χ0v) is 11.9. The summed E-state index contributed by atoms with van der Waals surface area (Å²) >= 11 is 0. The third-order valence-corrected chi connectivity index (χ3v) is 4.63. The monoisotopic (exact) mass is 297 g/mol. The zero-order chi connectivity index (χ0) is 14.8. The van der Waals surface area contributed by atoms with Gasteiger partial charge in [-0.2, -0.15) is 0 Å². The van der Waals surface area contributed by atoms with Crippen molar-refractivity contribution in [3.63, 3.8) is 0 Å². The number of ketones is 1. The second-order valence-corrected chi connectivity index (χ2v) is 6.77. The third-order valence-electron chi connectivity index (χ3n) is 3.05. The summed E-state index contributed by atoms with van der Waals surface area (Å²) in [5.41, 5.74) is 0.945. The summed E-state index contributed by atoms with van der Waals surface area (Å²) in [6.45, 7) is 2.31. The van der Waals surface area contributed by atoms with Crippen molar-refractivity contribution in [1.29, 1.82) is 0 Å². The molecule has 108 valence electrons. The predicted molar refractivity (Wildman–Crippen MR) is 73.8 cm³/mol. The average molecular weight is 297 g/mol. The molecule has 20 heavy (non-hydrogen) atoms. The van der Waals surface area contributed by atoms with Gasteiger partial charge >= 0.3 is 6.09 Å². The van der Waals surface area contributed by atoms with Gasteiger partial charge in [0.15, 0.2) is 15.6 Å². The molecule has 0 aromatic heterocycles. The molecule has 7 heteroatoms. The highest BCUT2D eigenvalue weighted by Gasteiger charge is 2.23. The fourth-order valence-corrected chi connectivity index (χ4v) is 2.61. The largest absolute Gasteiger partial charge is 0.447 e. The van der Waals surface area contributed by atoms with E-state index in [1.807, 2.05) is 0 Å². The lowest BCUT2D eigenvalue weighted by Gasteiger charge is -2.12. The van der Waals surface area contributed by atoms with Crippen LogP contribution in [0.25, 0.3) is 0 Å². The fourth-order valence-electron chi connectivity index (χ4n) is 1.84. The molecule has 0 saturated carbocycles. The van der Waals surface area contributed by atoms with Crippen molar-refractivity contribution >= 4 is 27.4 Å². The number of carbonyl (C=O) groups excluding carboxylic acids is 2. The molecule has 1 heterocycles. The minimum Gasteiger partial charge on any atom is -0.447 e. The Bertz CT molecular complexity index is 621.